The van der Waals surface area contributed by atoms with Crippen LogP contribution in [0.15, 0.2) is 59.7 Å². The van der Waals surface area contributed by atoms with Gasteiger partial charge in [-0.1, -0.05) is 0 Å². The normalized spacial score (nSPS) is 33.4. The topological polar surface area (TPSA) is 0 Å². The summed E-state index contributed by atoms with van der Waals surface area (Å²) in [5.41, 5.74) is 13.4. The quantitative estimate of drug-likeness (QED) is 0.545. The molecule has 0 aliphatic heterocycles. The largest absolute Gasteiger partial charge is 1.00 e. The van der Waals surface area contributed by atoms with E-state index in [9.17, 15) is 0 Å². The van der Waals surface area contributed by atoms with Gasteiger partial charge in [-0.15, -0.1) is 0 Å². The maximum absolute atomic E-state index is 2.56. The second-order valence-electron chi connectivity index (χ2n) is 10.9. The Morgan fingerprint density at radius 1 is 0.781 bits per heavy atom. The predicted molar refractivity (Wildman–Crippen MR) is 120 cm³/mol. The molecule has 6 aliphatic carbocycles. The number of rotatable bonds is 2. The fourth-order valence-corrected chi connectivity index (χ4v) is 10.0. The summed E-state index contributed by atoms with van der Waals surface area (Å²) < 4.78 is 0.589. The molecule has 0 spiro atoms. The molecule has 4 saturated carbocycles. The van der Waals surface area contributed by atoms with Crippen LogP contribution in [0.5, 0.6) is 0 Å². The van der Waals surface area contributed by atoms with Crippen LogP contribution in [0.4, 0.5) is 0 Å². The molecule has 0 heterocycles. The van der Waals surface area contributed by atoms with Gasteiger partial charge < -0.3 is 24.8 Å². The first-order valence-corrected chi connectivity index (χ1v) is 13.4. The van der Waals surface area contributed by atoms with Crippen molar-refractivity contribution in [2.75, 3.05) is 0 Å². The van der Waals surface area contributed by atoms with Crippen LogP contribution in [0, 0.1) is 23.2 Å². The van der Waals surface area contributed by atoms with Gasteiger partial charge in [0.1, 0.15) is 0 Å². The zero-order valence-electron chi connectivity index (χ0n) is 18.6. The molecule has 0 N–H and O–H groups in total. The Labute approximate surface area is 220 Å². The van der Waals surface area contributed by atoms with Gasteiger partial charge in [0.05, 0.1) is 0 Å². The number of hydrogen-bond donors (Lipinski definition) is 0. The van der Waals surface area contributed by atoms with E-state index in [2.05, 4.69) is 55.5 Å². The van der Waals surface area contributed by atoms with Gasteiger partial charge >= 0.3 is 196 Å². The second-order valence-corrected chi connectivity index (χ2v) is 12.3. The van der Waals surface area contributed by atoms with Crippen molar-refractivity contribution in [3.8, 4) is 11.1 Å². The molecule has 1 atom stereocenters. The van der Waals surface area contributed by atoms with E-state index >= 15 is 0 Å². The standard InChI is InChI=1S/C29H29.2ClH.Zr/c1-18-9-10-26(28(18)29-15-19-11-20(16-29)13-21(12-19)17-29)25-8-4-7-24-23-6-3-2-5-22(23)14-27(24)25;;;/h2-9,14,19-21H,10-13,15-17H2,1H3;2*1H;/q;;;+2/p-2. The van der Waals surface area contributed by atoms with Crippen molar-refractivity contribution >= 4 is 5.57 Å². The molecule has 4 bridgehead atoms. The molecule has 2 aromatic rings. The molecule has 0 nitrogen and oxygen atoms in total. The van der Waals surface area contributed by atoms with Gasteiger partial charge in [0, 0.05) is 0 Å². The maximum Gasteiger partial charge on any atom is -1.00 e. The van der Waals surface area contributed by atoms with Gasteiger partial charge in [-0.25, -0.2) is 0 Å². The first-order chi connectivity index (χ1) is 14.6. The Morgan fingerprint density at radius 3 is 2.06 bits per heavy atom. The van der Waals surface area contributed by atoms with E-state index in [1.807, 2.05) is 0 Å². The molecule has 8 rings (SSSR count). The molecular weight excluding hydrogens is 510 g/mol. The SMILES string of the molecule is CC1=CCC(c2cccc3c2[CH]([Zr+2])c2ccccc2-3)=C1C12CC3CC(CC(C3)C1)C2.[Cl-].[Cl-]. The van der Waals surface area contributed by atoms with Gasteiger partial charge in [-0.2, -0.15) is 0 Å². The third-order valence-electron chi connectivity index (χ3n) is 9.16. The third-order valence-corrected chi connectivity index (χ3v) is 10.6. The molecule has 1 unspecified atom stereocenters. The molecular formula is C29H29Cl2Zr. The number of allylic oxidation sites excluding steroid dienone is 4. The number of halogens is 2. The van der Waals surface area contributed by atoms with Crippen LogP contribution < -0.4 is 24.8 Å². The molecule has 3 heteroatoms. The third kappa shape index (κ3) is 3.17. The van der Waals surface area contributed by atoms with Crippen molar-refractivity contribution in [3.05, 3.63) is 76.4 Å². The van der Waals surface area contributed by atoms with Crippen LogP contribution >= 0.6 is 0 Å². The van der Waals surface area contributed by atoms with E-state index < -0.39 is 0 Å². The van der Waals surface area contributed by atoms with Crippen molar-refractivity contribution in [2.45, 2.75) is 55.5 Å². The van der Waals surface area contributed by atoms with Crippen LogP contribution in [0.2, 0.25) is 0 Å². The Hall–Kier alpha value is -0.617. The summed E-state index contributed by atoms with van der Waals surface area (Å²) in [6.07, 6.45) is 12.7. The van der Waals surface area contributed by atoms with Gasteiger partial charge in [-0.3, -0.25) is 0 Å². The first-order valence-electron chi connectivity index (χ1n) is 12.0. The number of hydrogen-bond acceptors (Lipinski definition) is 0. The first kappa shape index (κ1) is 23.1. The van der Waals surface area contributed by atoms with Gasteiger partial charge in [0.2, 0.25) is 0 Å². The van der Waals surface area contributed by atoms with Crippen molar-refractivity contribution in [1.29, 1.82) is 0 Å². The van der Waals surface area contributed by atoms with Gasteiger partial charge in [0.15, 0.2) is 0 Å². The van der Waals surface area contributed by atoms with E-state index in [0.29, 0.717) is 9.04 Å². The zero-order chi connectivity index (χ0) is 20.0. The van der Waals surface area contributed by atoms with E-state index in [1.54, 1.807) is 58.1 Å². The Morgan fingerprint density at radius 2 is 1.38 bits per heavy atom. The van der Waals surface area contributed by atoms with Crippen molar-refractivity contribution < 1.29 is 49.5 Å². The number of benzene rings is 2. The fourth-order valence-electron chi connectivity index (χ4n) is 8.62. The molecule has 0 amide bonds. The Bertz CT molecular complexity index is 1110. The Balaban J connectivity index is 0.00000108. The van der Waals surface area contributed by atoms with Crippen LogP contribution in [0.1, 0.15) is 72.2 Å². The zero-order valence-corrected chi connectivity index (χ0v) is 22.6. The monoisotopic (exact) mass is 537 g/mol. The minimum atomic E-state index is 0. The van der Waals surface area contributed by atoms with E-state index in [4.69, 9.17) is 0 Å². The summed E-state index contributed by atoms with van der Waals surface area (Å²) >= 11 is 1.62. The molecule has 2 aromatic carbocycles. The van der Waals surface area contributed by atoms with Crippen molar-refractivity contribution in [3.63, 3.8) is 0 Å². The van der Waals surface area contributed by atoms with Gasteiger partial charge in [0.25, 0.3) is 0 Å². The molecule has 32 heavy (non-hydrogen) atoms. The molecule has 0 aromatic heterocycles. The van der Waals surface area contributed by atoms with E-state index in [0.717, 1.165) is 24.2 Å². The predicted octanol–water partition coefficient (Wildman–Crippen LogP) is 1.63. The number of fused-ring (bicyclic) bond motifs is 3. The summed E-state index contributed by atoms with van der Waals surface area (Å²) in [6, 6.07) is 16.3. The average Bonchev–Trinajstić information content (AvgIpc) is 3.26. The maximum atomic E-state index is 2.56. The van der Waals surface area contributed by atoms with Crippen molar-refractivity contribution in [2.24, 2.45) is 23.2 Å². The minimum Gasteiger partial charge on any atom is -1.00 e. The summed E-state index contributed by atoms with van der Waals surface area (Å²) in [6.45, 7) is 2.42. The molecule has 0 saturated heterocycles. The van der Waals surface area contributed by atoms with Crippen LogP contribution in [0.3, 0.4) is 0 Å². The van der Waals surface area contributed by atoms with Crippen LogP contribution in [0.25, 0.3) is 16.7 Å². The second kappa shape index (κ2) is 8.25. The summed E-state index contributed by atoms with van der Waals surface area (Å²) in [5, 5.41) is 0. The summed E-state index contributed by atoms with van der Waals surface area (Å²) in [4.78, 5) is 0. The Kier molecular flexibility index (Phi) is 5.97. The van der Waals surface area contributed by atoms with Crippen LogP contribution in [-0.2, 0) is 24.7 Å². The fraction of sp³-hybridized carbons (Fsp3) is 0.448. The molecule has 0 radical (unpaired) electrons. The summed E-state index contributed by atoms with van der Waals surface area (Å²) in [5.74, 6) is 3.02. The smallest absolute Gasteiger partial charge is 1.00 e. The average molecular weight is 540 g/mol. The van der Waals surface area contributed by atoms with Crippen LogP contribution in [-0.4, -0.2) is 0 Å². The van der Waals surface area contributed by atoms with E-state index in [1.165, 1.54) is 49.7 Å². The minimum absolute atomic E-state index is 0. The molecule has 6 aliphatic rings. The summed E-state index contributed by atoms with van der Waals surface area (Å²) in [7, 11) is 0. The van der Waals surface area contributed by atoms with E-state index in [-0.39, 0.29) is 24.8 Å². The van der Waals surface area contributed by atoms with Crippen molar-refractivity contribution in [1.82, 2.24) is 0 Å². The van der Waals surface area contributed by atoms with Gasteiger partial charge in [-0.05, 0) is 0 Å². The molecule has 4 fully saturated rings. The molecule has 163 valence electrons.